The lowest BCUT2D eigenvalue weighted by atomic mass is 10.1. The Kier molecular flexibility index (Phi) is 3.06. The third kappa shape index (κ3) is 2.59. The van der Waals surface area contributed by atoms with Crippen LogP contribution in [0.1, 0.15) is 11.3 Å². The molecule has 2 N–H and O–H groups in total. The van der Waals surface area contributed by atoms with Crippen molar-refractivity contribution in [3.05, 3.63) is 46.3 Å². The summed E-state index contributed by atoms with van der Waals surface area (Å²) in [4.78, 5) is 0. The van der Waals surface area contributed by atoms with E-state index in [-0.39, 0.29) is 0 Å². The van der Waals surface area contributed by atoms with Crippen molar-refractivity contribution in [3.63, 3.8) is 0 Å². The molecule has 0 aliphatic heterocycles. The summed E-state index contributed by atoms with van der Waals surface area (Å²) >= 11 is 3.40. The van der Waals surface area contributed by atoms with Gasteiger partial charge >= 0.3 is 0 Å². The number of aromatic nitrogens is 1. The van der Waals surface area contributed by atoms with Gasteiger partial charge < -0.3 is 10.3 Å². The number of hydrogen-bond acceptors (Lipinski definition) is 3. The Morgan fingerprint density at radius 3 is 2.53 bits per heavy atom. The lowest BCUT2D eigenvalue weighted by molar-refractivity contribution is 0.384. The standard InChI is InChI=1S/C11H11BrN2O/c12-9-4-1-8(2-5-9)3-6-11-10(13)7-14-15-11/h1-2,4-5,7H,3,6,13H2. The van der Waals surface area contributed by atoms with Crippen LogP contribution in [0.2, 0.25) is 0 Å². The van der Waals surface area contributed by atoms with Gasteiger partial charge in [0.05, 0.1) is 11.9 Å². The van der Waals surface area contributed by atoms with Crippen LogP contribution in [0.3, 0.4) is 0 Å². The summed E-state index contributed by atoms with van der Waals surface area (Å²) in [7, 11) is 0. The zero-order chi connectivity index (χ0) is 10.7. The molecule has 0 saturated carbocycles. The molecule has 0 radical (unpaired) electrons. The number of nitrogen functional groups attached to an aromatic ring is 1. The molecule has 4 heteroatoms. The highest BCUT2D eigenvalue weighted by molar-refractivity contribution is 9.10. The first-order chi connectivity index (χ1) is 7.25. The molecule has 0 aliphatic carbocycles. The summed E-state index contributed by atoms with van der Waals surface area (Å²) in [5.41, 5.74) is 7.55. The summed E-state index contributed by atoms with van der Waals surface area (Å²) < 4.78 is 6.11. The molecule has 0 amide bonds. The molecular weight excluding hydrogens is 256 g/mol. The topological polar surface area (TPSA) is 52.0 Å². The number of hydrogen-bond donors (Lipinski definition) is 1. The minimum absolute atomic E-state index is 0.632. The summed E-state index contributed by atoms with van der Waals surface area (Å²) in [6.07, 6.45) is 3.23. The van der Waals surface area contributed by atoms with Gasteiger partial charge in [-0.05, 0) is 24.1 Å². The Morgan fingerprint density at radius 2 is 1.93 bits per heavy atom. The van der Waals surface area contributed by atoms with Crippen LogP contribution in [0.4, 0.5) is 5.69 Å². The average Bonchev–Trinajstić information content (AvgIpc) is 2.63. The summed E-state index contributed by atoms with van der Waals surface area (Å²) in [6, 6.07) is 8.21. The molecule has 1 aromatic heterocycles. The Labute approximate surface area is 96.4 Å². The monoisotopic (exact) mass is 266 g/mol. The Balaban J connectivity index is 1.99. The predicted molar refractivity (Wildman–Crippen MR) is 62.5 cm³/mol. The molecule has 1 heterocycles. The van der Waals surface area contributed by atoms with Crippen molar-refractivity contribution in [2.75, 3.05) is 5.73 Å². The van der Waals surface area contributed by atoms with E-state index >= 15 is 0 Å². The maximum Gasteiger partial charge on any atom is 0.159 e. The zero-order valence-electron chi connectivity index (χ0n) is 8.11. The Bertz CT molecular complexity index is 436. The molecule has 0 unspecified atom stereocenters. The summed E-state index contributed by atoms with van der Waals surface area (Å²) in [5.74, 6) is 0.762. The second kappa shape index (κ2) is 4.49. The van der Waals surface area contributed by atoms with Crippen LogP contribution in [0, 0.1) is 0 Å². The van der Waals surface area contributed by atoms with Gasteiger partial charge in [0.2, 0.25) is 0 Å². The van der Waals surface area contributed by atoms with Crippen molar-refractivity contribution < 1.29 is 4.52 Å². The second-order valence-electron chi connectivity index (χ2n) is 3.33. The van der Waals surface area contributed by atoms with E-state index in [0.29, 0.717) is 5.69 Å². The molecule has 78 valence electrons. The molecule has 2 aromatic rings. The van der Waals surface area contributed by atoms with Crippen LogP contribution in [0.25, 0.3) is 0 Å². The molecule has 0 saturated heterocycles. The van der Waals surface area contributed by atoms with Crippen molar-refractivity contribution in [1.82, 2.24) is 5.16 Å². The van der Waals surface area contributed by atoms with E-state index in [1.54, 1.807) is 0 Å². The van der Waals surface area contributed by atoms with E-state index < -0.39 is 0 Å². The first kappa shape index (κ1) is 10.2. The van der Waals surface area contributed by atoms with Gasteiger partial charge in [-0.25, -0.2) is 0 Å². The van der Waals surface area contributed by atoms with Crippen molar-refractivity contribution in [2.45, 2.75) is 12.8 Å². The third-order valence-corrected chi connectivity index (χ3v) is 2.76. The number of nitrogens with two attached hydrogens (primary N) is 1. The van der Waals surface area contributed by atoms with Crippen LogP contribution < -0.4 is 5.73 Å². The van der Waals surface area contributed by atoms with Crippen molar-refractivity contribution in [3.8, 4) is 0 Å². The molecule has 1 aromatic carbocycles. The minimum Gasteiger partial charge on any atom is -0.395 e. The van der Waals surface area contributed by atoms with E-state index in [4.69, 9.17) is 10.3 Å². The first-order valence-corrected chi connectivity index (χ1v) is 5.48. The predicted octanol–water partition coefficient (Wildman–Crippen LogP) is 2.80. The van der Waals surface area contributed by atoms with Crippen LogP contribution in [0.5, 0.6) is 0 Å². The molecule has 0 spiro atoms. The van der Waals surface area contributed by atoms with E-state index in [0.717, 1.165) is 23.1 Å². The van der Waals surface area contributed by atoms with Crippen molar-refractivity contribution >= 4 is 21.6 Å². The van der Waals surface area contributed by atoms with Gasteiger partial charge in [0.15, 0.2) is 5.76 Å². The van der Waals surface area contributed by atoms with Crippen LogP contribution in [-0.4, -0.2) is 5.16 Å². The molecule has 0 atom stereocenters. The SMILES string of the molecule is Nc1cnoc1CCc1ccc(Br)cc1. The number of benzene rings is 1. The number of nitrogens with zero attached hydrogens (tertiary/aromatic N) is 1. The van der Waals surface area contributed by atoms with E-state index in [9.17, 15) is 0 Å². The highest BCUT2D eigenvalue weighted by atomic mass is 79.9. The molecule has 0 aliphatic rings. The number of halogens is 1. The molecule has 0 fully saturated rings. The van der Waals surface area contributed by atoms with Gasteiger partial charge in [0, 0.05) is 10.9 Å². The second-order valence-corrected chi connectivity index (χ2v) is 4.25. The normalized spacial score (nSPS) is 10.5. The number of aryl methyl sites for hydroxylation is 2. The van der Waals surface area contributed by atoms with Gasteiger partial charge in [-0.15, -0.1) is 0 Å². The highest BCUT2D eigenvalue weighted by Gasteiger charge is 2.04. The van der Waals surface area contributed by atoms with Crippen LogP contribution >= 0.6 is 15.9 Å². The largest absolute Gasteiger partial charge is 0.395 e. The molecule has 0 bridgehead atoms. The van der Waals surface area contributed by atoms with Gasteiger partial charge in [-0.2, -0.15) is 0 Å². The molecular formula is C11H11BrN2O. The third-order valence-electron chi connectivity index (χ3n) is 2.23. The molecule has 3 nitrogen and oxygen atoms in total. The number of anilines is 1. The van der Waals surface area contributed by atoms with E-state index in [2.05, 4.69) is 33.2 Å². The highest BCUT2D eigenvalue weighted by Crippen LogP contribution is 2.15. The molecule has 15 heavy (non-hydrogen) atoms. The van der Waals surface area contributed by atoms with Crippen LogP contribution in [-0.2, 0) is 12.8 Å². The molecule has 2 rings (SSSR count). The Morgan fingerprint density at radius 1 is 1.20 bits per heavy atom. The fourth-order valence-corrected chi connectivity index (χ4v) is 1.63. The van der Waals surface area contributed by atoms with Crippen molar-refractivity contribution in [1.29, 1.82) is 0 Å². The zero-order valence-corrected chi connectivity index (χ0v) is 9.70. The van der Waals surface area contributed by atoms with E-state index in [1.807, 2.05) is 12.1 Å². The average molecular weight is 267 g/mol. The Hall–Kier alpha value is -1.29. The summed E-state index contributed by atoms with van der Waals surface area (Å²) in [6.45, 7) is 0. The maximum atomic E-state index is 5.67. The first-order valence-electron chi connectivity index (χ1n) is 4.69. The quantitative estimate of drug-likeness (QED) is 0.930. The lowest BCUT2D eigenvalue weighted by Gasteiger charge is -1.99. The van der Waals surface area contributed by atoms with Gasteiger partial charge in [0.1, 0.15) is 0 Å². The van der Waals surface area contributed by atoms with Crippen LogP contribution in [0.15, 0.2) is 39.5 Å². The van der Waals surface area contributed by atoms with Gasteiger partial charge in [-0.3, -0.25) is 0 Å². The lowest BCUT2D eigenvalue weighted by Crippen LogP contribution is -1.93. The van der Waals surface area contributed by atoms with Gasteiger partial charge in [-0.1, -0.05) is 33.2 Å². The fraction of sp³-hybridized carbons (Fsp3) is 0.182. The van der Waals surface area contributed by atoms with Gasteiger partial charge in [0.25, 0.3) is 0 Å². The minimum atomic E-state index is 0.632. The number of rotatable bonds is 3. The summed E-state index contributed by atoms with van der Waals surface area (Å²) in [5, 5.41) is 3.64. The maximum absolute atomic E-state index is 5.67. The smallest absolute Gasteiger partial charge is 0.159 e. The van der Waals surface area contributed by atoms with Crippen molar-refractivity contribution in [2.24, 2.45) is 0 Å². The fourth-order valence-electron chi connectivity index (χ4n) is 1.37. The van der Waals surface area contributed by atoms with E-state index in [1.165, 1.54) is 11.8 Å².